The Kier molecular flexibility index (Phi) is 6.66. The molecule has 0 saturated carbocycles. The van der Waals surface area contributed by atoms with E-state index in [1.165, 1.54) is 5.56 Å². The molecule has 0 atom stereocenters. The molecule has 0 saturated heterocycles. The Morgan fingerprint density at radius 1 is 1.09 bits per heavy atom. The molecule has 0 aliphatic heterocycles. The number of hydrogen-bond acceptors (Lipinski definition) is 2. The van der Waals surface area contributed by atoms with Gasteiger partial charge in [-0.25, -0.2) is 0 Å². The number of anilines is 1. The lowest BCUT2D eigenvalue weighted by atomic mass is 10.1. The maximum Gasteiger partial charge on any atom is 0.262 e. The second-order valence-electron chi connectivity index (χ2n) is 5.11. The molecule has 0 aliphatic carbocycles. The van der Waals surface area contributed by atoms with Crippen molar-refractivity contribution < 1.29 is 9.53 Å². The summed E-state index contributed by atoms with van der Waals surface area (Å²) in [6.45, 7) is 4.13. The first-order valence-corrected chi connectivity index (χ1v) is 9.11. The monoisotopic (exact) mass is 439 g/mol. The van der Waals surface area contributed by atoms with E-state index < -0.39 is 0 Å². The lowest BCUT2D eigenvalue weighted by molar-refractivity contribution is -0.118. The Morgan fingerprint density at radius 3 is 2.52 bits per heavy atom. The van der Waals surface area contributed by atoms with Gasteiger partial charge in [-0.3, -0.25) is 4.79 Å². The normalized spacial score (nSPS) is 10.4. The summed E-state index contributed by atoms with van der Waals surface area (Å²) in [6, 6.07) is 11.7. The molecule has 2 aromatic rings. The van der Waals surface area contributed by atoms with E-state index in [1.54, 1.807) is 0 Å². The van der Waals surface area contributed by atoms with Crippen molar-refractivity contribution in [1.82, 2.24) is 0 Å². The van der Waals surface area contributed by atoms with Crippen LogP contribution in [0, 0.1) is 0 Å². The molecule has 0 aromatic heterocycles. The van der Waals surface area contributed by atoms with E-state index in [-0.39, 0.29) is 12.5 Å². The third kappa shape index (κ3) is 5.08. The molecular formula is C18H19Br2NO2. The lowest BCUT2D eigenvalue weighted by Crippen LogP contribution is -2.20. The highest BCUT2D eigenvalue weighted by Crippen LogP contribution is 2.25. The summed E-state index contributed by atoms with van der Waals surface area (Å²) in [4.78, 5) is 12.1. The van der Waals surface area contributed by atoms with Crippen LogP contribution in [-0.4, -0.2) is 12.5 Å². The average Bonchev–Trinajstić information content (AvgIpc) is 2.55. The zero-order valence-corrected chi connectivity index (χ0v) is 16.3. The Hall–Kier alpha value is -1.33. The number of nitrogens with one attached hydrogen (secondary N) is 1. The molecule has 122 valence electrons. The molecule has 0 aliphatic rings. The van der Waals surface area contributed by atoms with Crippen molar-refractivity contribution in [1.29, 1.82) is 0 Å². The van der Waals surface area contributed by atoms with Gasteiger partial charge >= 0.3 is 0 Å². The van der Waals surface area contributed by atoms with Crippen molar-refractivity contribution in [2.75, 3.05) is 11.9 Å². The first-order chi connectivity index (χ1) is 11.0. The van der Waals surface area contributed by atoms with Crippen LogP contribution in [0.25, 0.3) is 0 Å². The number of carbonyl (C=O) groups excluding carboxylic acids is 1. The minimum Gasteiger partial charge on any atom is -0.483 e. The number of amides is 1. The van der Waals surface area contributed by atoms with Crippen LogP contribution in [0.3, 0.4) is 0 Å². The molecule has 2 aromatic carbocycles. The van der Waals surface area contributed by atoms with Crippen LogP contribution in [0.4, 0.5) is 5.69 Å². The molecule has 5 heteroatoms. The van der Waals surface area contributed by atoms with Gasteiger partial charge in [0, 0.05) is 8.95 Å². The summed E-state index contributed by atoms with van der Waals surface area (Å²) in [5.74, 6) is 0.561. The van der Waals surface area contributed by atoms with Crippen LogP contribution >= 0.6 is 31.9 Å². The van der Waals surface area contributed by atoms with E-state index in [4.69, 9.17) is 4.74 Å². The van der Waals surface area contributed by atoms with Crippen LogP contribution in [0.15, 0.2) is 45.3 Å². The standard InChI is InChI=1S/C18H19Br2NO2/c1-3-12-5-7-16(15(20)9-12)21-18(22)11-23-17-8-6-14(19)10-13(17)4-2/h5-10H,3-4,11H2,1-2H3,(H,21,22). The first-order valence-electron chi connectivity index (χ1n) is 7.53. The molecule has 0 bridgehead atoms. The van der Waals surface area contributed by atoms with E-state index in [0.717, 1.165) is 38.8 Å². The lowest BCUT2D eigenvalue weighted by Gasteiger charge is -2.12. The third-order valence-corrected chi connectivity index (χ3v) is 4.63. The van der Waals surface area contributed by atoms with Gasteiger partial charge in [-0.15, -0.1) is 0 Å². The Labute approximate surface area is 153 Å². The minimum atomic E-state index is -0.181. The minimum absolute atomic E-state index is 0.0173. The van der Waals surface area contributed by atoms with Gasteiger partial charge < -0.3 is 10.1 Å². The molecule has 3 nitrogen and oxygen atoms in total. The van der Waals surface area contributed by atoms with Crippen molar-refractivity contribution >= 4 is 43.5 Å². The smallest absolute Gasteiger partial charge is 0.262 e. The van der Waals surface area contributed by atoms with Crippen LogP contribution in [0.5, 0.6) is 5.75 Å². The number of benzene rings is 2. The Balaban J connectivity index is 1.98. The van der Waals surface area contributed by atoms with Gasteiger partial charge in [0.05, 0.1) is 5.69 Å². The molecule has 0 spiro atoms. The van der Waals surface area contributed by atoms with Crippen LogP contribution in [-0.2, 0) is 17.6 Å². The number of carbonyl (C=O) groups is 1. The average molecular weight is 441 g/mol. The SMILES string of the molecule is CCc1ccc(NC(=O)COc2ccc(Br)cc2CC)c(Br)c1. The number of aryl methyl sites for hydroxylation is 2. The molecule has 0 fully saturated rings. The zero-order valence-electron chi connectivity index (χ0n) is 13.2. The Bertz CT molecular complexity index is 701. The van der Waals surface area contributed by atoms with Gasteiger partial charge in [0.25, 0.3) is 5.91 Å². The van der Waals surface area contributed by atoms with E-state index in [1.807, 2.05) is 36.4 Å². The van der Waals surface area contributed by atoms with E-state index >= 15 is 0 Å². The predicted octanol–water partition coefficient (Wildman–Crippen LogP) is 5.35. The fraction of sp³-hybridized carbons (Fsp3) is 0.278. The fourth-order valence-electron chi connectivity index (χ4n) is 2.17. The van der Waals surface area contributed by atoms with Crippen LogP contribution in [0.1, 0.15) is 25.0 Å². The number of rotatable bonds is 6. The van der Waals surface area contributed by atoms with Crippen molar-refractivity contribution in [3.05, 3.63) is 56.5 Å². The molecular weight excluding hydrogens is 422 g/mol. The highest BCUT2D eigenvalue weighted by molar-refractivity contribution is 9.10. The summed E-state index contributed by atoms with van der Waals surface area (Å²) >= 11 is 6.92. The summed E-state index contributed by atoms with van der Waals surface area (Å²) in [5, 5.41) is 2.86. The second-order valence-corrected chi connectivity index (χ2v) is 6.88. The van der Waals surface area contributed by atoms with Gasteiger partial charge in [0.15, 0.2) is 6.61 Å². The predicted molar refractivity (Wildman–Crippen MR) is 101 cm³/mol. The van der Waals surface area contributed by atoms with Gasteiger partial charge in [-0.2, -0.15) is 0 Å². The van der Waals surface area contributed by atoms with E-state index in [2.05, 4.69) is 51.0 Å². The van der Waals surface area contributed by atoms with Crippen molar-refractivity contribution in [3.8, 4) is 5.75 Å². The Morgan fingerprint density at radius 2 is 1.87 bits per heavy atom. The van der Waals surface area contributed by atoms with Gasteiger partial charge in [-0.1, -0.05) is 35.8 Å². The number of ether oxygens (including phenoxy) is 1. The van der Waals surface area contributed by atoms with Gasteiger partial charge in [0.1, 0.15) is 5.75 Å². The van der Waals surface area contributed by atoms with Gasteiger partial charge in [0.2, 0.25) is 0 Å². The molecule has 0 heterocycles. The van der Waals surface area contributed by atoms with Crippen LogP contribution in [0.2, 0.25) is 0 Å². The van der Waals surface area contributed by atoms with E-state index in [0.29, 0.717) is 0 Å². The van der Waals surface area contributed by atoms with Crippen molar-refractivity contribution in [2.45, 2.75) is 26.7 Å². The van der Waals surface area contributed by atoms with E-state index in [9.17, 15) is 4.79 Å². The van der Waals surface area contributed by atoms with Crippen LogP contribution < -0.4 is 10.1 Å². The second kappa shape index (κ2) is 8.50. The number of halogens is 2. The summed E-state index contributed by atoms with van der Waals surface area (Å²) < 4.78 is 7.54. The fourth-order valence-corrected chi connectivity index (χ4v) is 3.11. The number of hydrogen-bond donors (Lipinski definition) is 1. The molecule has 23 heavy (non-hydrogen) atoms. The molecule has 1 amide bonds. The van der Waals surface area contributed by atoms with Crippen molar-refractivity contribution in [2.24, 2.45) is 0 Å². The first kappa shape index (κ1) is 18.0. The maximum atomic E-state index is 12.1. The maximum absolute atomic E-state index is 12.1. The zero-order chi connectivity index (χ0) is 16.8. The summed E-state index contributed by atoms with van der Waals surface area (Å²) in [7, 11) is 0. The van der Waals surface area contributed by atoms with Gasteiger partial charge in [-0.05, 0) is 70.2 Å². The summed E-state index contributed by atoms with van der Waals surface area (Å²) in [5.41, 5.74) is 3.04. The molecule has 0 radical (unpaired) electrons. The third-order valence-electron chi connectivity index (χ3n) is 3.48. The van der Waals surface area contributed by atoms with Crippen molar-refractivity contribution in [3.63, 3.8) is 0 Å². The molecule has 1 N–H and O–H groups in total. The molecule has 0 unspecified atom stereocenters. The highest BCUT2D eigenvalue weighted by atomic mass is 79.9. The molecule has 2 rings (SSSR count). The quantitative estimate of drug-likeness (QED) is 0.656. The topological polar surface area (TPSA) is 38.3 Å². The summed E-state index contributed by atoms with van der Waals surface area (Å²) in [6.07, 6.45) is 1.81. The largest absolute Gasteiger partial charge is 0.483 e. The highest BCUT2D eigenvalue weighted by Gasteiger charge is 2.09.